The molecular weight excluding hydrogens is 427 g/mol. The summed E-state index contributed by atoms with van der Waals surface area (Å²) in [6.45, 7) is 1.73. The second kappa shape index (κ2) is 8.45. The molecular formula is C18H17BrF3N3O2. The lowest BCUT2D eigenvalue weighted by atomic mass is 10.0. The number of Topliss-reactive ketones (excluding diaryl/α,β-unsaturated/α-hetero) is 1. The molecule has 0 unspecified atom stereocenters. The Morgan fingerprint density at radius 2 is 1.85 bits per heavy atom. The molecule has 0 radical (unpaired) electrons. The van der Waals surface area contributed by atoms with Crippen molar-refractivity contribution in [3.8, 4) is 5.75 Å². The van der Waals surface area contributed by atoms with Crippen LogP contribution in [0.1, 0.15) is 29.3 Å². The first kappa shape index (κ1) is 20.8. The quantitative estimate of drug-likeness (QED) is 0.388. The van der Waals surface area contributed by atoms with E-state index >= 15 is 0 Å². The highest BCUT2D eigenvalue weighted by Crippen LogP contribution is 2.31. The Kier molecular flexibility index (Phi) is 6.50. The number of nitrogens with zero attached hydrogens (tertiary/aromatic N) is 1. The lowest BCUT2D eigenvalue weighted by Crippen LogP contribution is -2.31. The van der Waals surface area contributed by atoms with Gasteiger partial charge in [0.15, 0.2) is 5.78 Å². The predicted octanol–water partition coefficient (Wildman–Crippen LogP) is 4.58. The maximum atomic E-state index is 12.3. The Bertz CT molecular complexity index is 852. The summed E-state index contributed by atoms with van der Waals surface area (Å²) in [7, 11) is 0. The number of carbonyl (C=O) groups is 1. The van der Waals surface area contributed by atoms with Crippen LogP contribution in [0.5, 0.6) is 5.75 Å². The van der Waals surface area contributed by atoms with Crippen molar-refractivity contribution in [2.75, 3.05) is 5.01 Å². The average molecular weight is 444 g/mol. The van der Waals surface area contributed by atoms with E-state index in [2.05, 4.69) is 20.7 Å². The molecule has 0 saturated carbocycles. The molecule has 4 N–H and O–H groups in total. The molecule has 0 fully saturated rings. The standard InChI is InChI=1S/C18H17BrF3N3O2/c1-2-17(26)14-8-5-12(19)9-15(14)25(24)16(10-23)11-3-6-13(7-4-11)27-18(20,21)22/h3-10H,2,23-24H2,1H3/b16-10-. The van der Waals surface area contributed by atoms with Gasteiger partial charge in [-0.1, -0.05) is 22.9 Å². The van der Waals surface area contributed by atoms with Crippen molar-refractivity contribution in [2.24, 2.45) is 11.6 Å². The summed E-state index contributed by atoms with van der Waals surface area (Å²) in [5, 5.41) is 1.22. The van der Waals surface area contributed by atoms with Gasteiger partial charge in [-0.05, 0) is 42.5 Å². The van der Waals surface area contributed by atoms with Gasteiger partial charge in [0.2, 0.25) is 0 Å². The van der Waals surface area contributed by atoms with Gasteiger partial charge >= 0.3 is 6.36 Å². The summed E-state index contributed by atoms with van der Waals surface area (Å²) < 4.78 is 41.4. The third-order valence-electron chi connectivity index (χ3n) is 3.64. The highest BCUT2D eigenvalue weighted by Gasteiger charge is 2.31. The number of ether oxygens (including phenoxy) is 1. The van der Waals surface area contributed by atoms with Gasteiger partial charge in [-0.2, -0.15) is 0 Å². The first-order valence-electron chi connectivity index (χ1n) is 7.82. The molecule has 144 valence electrons. The molecule has 0 aliphatic carbocycles. The zero-order valence-corrected chi connectivity index (χ0v) is 15.8. The van der Waals surface area contributed by atoms with Crippen LogP contribution < -0.4 is 21.3 Å². The molecule has 0 aliphatic heterocycles. The molecule has 2 rings (SSSR count). The second-order valence-corrected chi connectivity index (χ2v) is 6.35. The zero-order valence-electron chi connectivity index (χ0n) is 14.3. The number of ketones is 1. The van der Waals surface area contributed by atoms with E-state index in [1.807, 2.05) is 0 Å². The van der Waals surface area contributed by atoms with Crippen LogP contribution in [0.25, 0.3) is 5.70 Å². The molecule has 0 bridgehead atoms. The Morgan fingerprint density at radius 3 is 2.37 bits per heavy atom. The number of nitrogens with two attached hydrogens (primary N) is 2. The van der Waals surface area contributed by atoms with Crippen LogP contribution in [0.15, 0.2) is 53.1 Å². The summed E-state index contributed by atoms with van der Waals surface area (Å²) in [5.74, 6) is 5.71. The number of benzene rings is 2. The van der Waals surface area contributed by atoms with Crippen LogP contribution in [-0.4, -0.2) is 12.1 Å². The molecule has 0 heterocycles. The number of alkyl halides is 3. The minimum atomic E-state index is -4.78. The maximum absolute atomic E-state index is 12.3. The van der Waals surface area contributed by atoms with Crippen molar-refractivity contribution in [2.45, 2.75) is 19.7 Å². The van der Waals surface area contributed by atoms with Gasteiger partial charge < -0.3 is 10.5 Å². The Labute approximate surface area is 162 Å². The van der Waals surface area contributed by atoms with E-state index in [0.29, 0.717) is 27.0 Å². The van der Waals surface area contributed by atoms with E-state index in [9.17, 15) is 18.0 Å². The van der Waals surface area contributed by atoms with Gasteiger partial charge in [0.25, 0.3) is 0 Å². The van der Waals surface area contributed by atoms with E-state index in [0.717, 1.165) is 12.1 Å². The summed E-state index contributed by atoms with van der Waals surface area (Å²) in [5.41, 5.74) is 7.25. The van der Waals surface area contributed by atoms with Crippen LogP contribution >= 0.6 is 15.9 Å². The lowest BCUT2D eigenvalue weighted by molar-refractivity contribution is -0.274. The minimum absolute atomic E-state index is 0.113. The molecule has 0 aromatic heterocycles. The molecule has 0 aliphatic rings. The molecule has 5 nitrogen and oxygen atoms in total. The zero-order chi connectivity index (χ0) is 20.2. The van der Waals surface area contributed by atoms with Gasteiger partial charge in [0.05, 0.1) is 11.4 Å². The summed E-state index contributed by atoms with van der Waals surface area (Å²) in [6, 6.07) is 10.1. The van der Waals surface area contributed by atoms with E-state index in [4.69, 9.17) is 11.6 Å². The van der Waals surface area contributed by atoms with Crippen molar-refractivity contribution >= 4 is 33.1 Å². The fourth-order valence-corrected chi connectivity index (χ4v) is 2.75. The number of anilines is 1. The Balaban J connectivity index is 2.38. The van der Waals surface area contributed by atoms with Crippen molar-refractivity contribution in [1.29, 1.82) is 0 Å². The number of hydrogen-bond donors (Lipinski definition) is 2. The summed E-state index contributed by atoms with van der Waals surface area (Å²) >= 11 is 3.33. The van der Waals surface area contributed by atoms with Crippen molar-refractivity contribution in [3.05, 3.63) is 64.3 Å². The third kappa shape index (κ3) is 5.24. The van der Waals surface area contributed by atoms with Gasteiger partial charge in [-0.15, -0.1) is 13.2 Å². The van der Waals surface area contributed by atoms with Crippen LogP contribution in [0.2, 0.25) is 0 Å². The minimum Gasteiger partial charge on any atom is -0.406 e. The lowest BCUT2D eigenvalue weighted by Gasteiger charge is -2.24. The van der Waals surface area contributed by atoms with Crippen LogP contribution in [-0.2, 0) is 0 Å². The molecule has 2 aromatic rings. The molecule has 0 amide bonds. The van der Waals surface area contributed by atoms with Crippen molar-refractivity contribution < 1.29 is 22.7 Å². The number of hydrazine groups is 1. The van der Waals surface area contributed by atoms with Gasteiger partial charge in [-0.3, -0.25) is 9.80 Å². The average Bonchev–Trinajstić information content (AvgIpc) is 2.61. The van der Waals surface area contributed by atoms with E-state index < -0.39 is 6.36 Å². The van der Waals surface area contributed by atoms with Gasteiger partial charge in [0, 0.05) is 28.2 Å². The van der Waals surface area contributed by atoms with Crippen LogP contribution in [0, 0.1) is 0 Å². The molecule has 0 atom stereocenters. The monoisotopic (exact) mass is 443 g/mol. The van der Waals surface area contributed by atoms with E-state index in [1.54, 1.807) is 25.1 Å². The highest BCUT2D eigenvalue weighted by atomic mass is 79.9. The van der Waals surface area contributed by atoms with Crippen LogP contribution in [0.4, 0.5) is 18.9 Å². The predicted molar refractivity (Wildman–Crippen MR) is 101 cm³/mol. The van der Waals surface area contributed by atoms with Crippen molar-refractivity contribution in [3.63, 3.8) is 0 Å². The van der Waals surface area contributed by atoms with Gasteiger partial charge in [0.1, 0.15) is 5.75 Å². The fourth-order valence-electron chi connectivity index (χ4n) is 2.40. The molecule has 2 aromatic carbocycles. The fraction of sp³-hybridized carbons (Fsp3) is 0.167. The van der Waals surface area contributed by atoms with E-state index in [1.165, 1.54) is 23.3 Å². The molecule has 0 saturated heterocycles. The molecule has 27 heavy (non-hydrogen) atoms. The summed E-state index contributed by atoms with van der Waals surface area (Å²) in [6.07, 6.45) is -3.28. The largest absolute Gasteiger partial charge is 0.573 e. The second-order valence-electron chi connectivity index (χ2n) is 5.43. The SMILES string of the molecule is CCC(=O)c1ccc(Br)cc1N(N)/C(=C\N)c1ccc(OC(F)(F)F)cc1. The maximum Gasteiger partial charge on any atom is 0.573 e. The smallest absolute Gasteiger partial charge is 0.406 e. The van der Waals surface area contributed by atoms with Crippen LogP contribution in [0.3, 0.4) is 0 Å². The molecule has 9 heteroatoms. The first-order chi connectivity index (χ1) is 12.7. The Morgan fingerprint density at radius 1 is 1.22 bits per heavy atom. The topological polar surface area (TPSA) is 81.6 Å². The highest BCUT2D eigenvalue weighted by molar-refractivity contribution is 9.10. The first-order valence-corrected chi connectivity index (χ1v) is 8.61. The number of carbonyl (C=O) groups excluding carboxylic acids is 1. The third-order valence-corrected chi connectivity index (χ3v) is 4.14. The van der Waals surface area contributed by atoms with Crippen molar-refractivity contribution in [1.82, 2.24) is 0 Å². The Hall–Kier alpha value is -2.52. The number of hydrogen-bond acceptors (Lipinski definition) is 5. The van der Waals surface area contributed by atoms with Gasteiger partial charge in [-0.25, -0.2) is 5.84 Å². The molecule has 0 spiro atoms. The van der Waals surface area contributed by atoms with E-state index in [-0.39, 0.29) is 18.0 Å². The number of rotatable bonds is 6. The number of halogens is 4. The summed E-state index contributed by atoms with van der Waals surface area (Å²) in [4.78, 5) is 12.2. The normalized spacial score (nSPS) is 12.0.